The Bertz CT molecular complexity index is 1600. The van der Waals surface area contributed by atoms with E-state index >= 15 is 0 Å². The number of carbonyl (C=O) groups is 2. The summed E-state index contributed by atoms with van der Waals surface area (Å²) in [6, 6.07) is 38.1. The molecule has 2 saturated heterocycles. The number of carbonyl (C=O) groups excluding carboxylic acids is 2. The van der Waals surface area contributed by atoms with Gasteiger partial charge in [0.1, 0.15) is 6.23 Å². The lowest BCUT2D eigenvalue weighted by atomic mass is 9.46. The molecule has 0 aromatic heterocycles. The van der Waals surface area contributed by atoms with E-state index in [0.29, 0.717) is 13.2 Å². The number of hydrogen-bond donors (Lipinski definition) is 0. The Morgan fingerprint density at radius 2 is 1.29 bits per heavy atom. The zero-order valence-electron chi connectivity index (χ0n) is 23.0. The Hall–Kier alpha value is -4.06. The van der Waals surface area contributed by atoms with Gasteiger partial charge in [0.05, 0.1) is 23.9 Å². The second kappa shape index (κ2) is 9.23. The molecule has 5 aliphatic rings. The summed E-state index contributed by atoms with van der Waals surface area (Å²) in [5.74, 6) is -1.27. The molecule has 5 nitrogen and oxygen atoms in total. The first-order valence-electron chi connectivity index (χ1n) is 14.6. The number of benzene rings is 4. The summed E-state index contributed by atoms with van der Waals surface area (Å²) >= 11 is 0. The molecule has 0 unspecified atom stereocenters. The first kappa shape index (κ1) is 24.7. The first-order chi connectivity index (χ1) is 20.1. The Balaban J connectivity index is 1.36. The van der Waals surface area contributed by atoms with E-state index in [2.05, 4.69) is 102 Å². The molecule has 2 bridgehead atoms. The number of hydrogen-bond acceptors (Lipinski definition) is 4. The van der Waals surface area contributed by atoms with Gasteiger partial charge in [0, 0.05) is 25.6 Å². The molecule has 4 aromatic rings. The van der Waals surface area contributed by atoms with Crippen LogP contribution in [0.15, 0.2) is 109 Å². The predicted octanol–water partition coefficient (Wildman–Crippen LogP) is 5.13. The fourth-order valence-corrected chi connectivity index (χ4v) is 8.44. The summed E-state index contributed by atoms with van der Waals surface area (Å²) in [6.45, 7) is 1.24. The molecule has 4 aromatic carbocycles. The number of nitrogens with zero attached hydrogens (tertiary/aromatic N) is 2. The van der Waals surface area contributed by atoms with E-state index in [1.807, 2.05) is 12.1 Å². The minimum atomic E-state index is -0.815. The molecule has 2 amide bonds. The number of likely N-dealkylation sites (tertiary alicyclic amines) is 1. The Morgan fingerprint density at radius 1 is 0.732 bits per heavy atom. The molecule has 204 valence electrons. The molecule has 2 fully saturated rings. The molecule has 4 atom stereocenters. The van der Waals surface area contributed by atoms with Crippen LogP contribution in [0.25, 0.3) is 0 Å². The highest BCUT2D eigenvalue weighted by molar-refractivity contribution is 6.08. The molecular formula is C36H32N2O3. The third-order valence-electron chi connectivity index (χ3n) is 10.0. The largest absolute Gasteiger partial charge is 0.360 e. The third-order valence-corrected chi connectivity index (χ3v) is 10.0. The zero-order valence-corrected chi connectivity index (χ0v) is 23.0. The van der Waals surface area contributed by atoms with Crippen LogP contribution in [0.1, 0.15) is 39.3 Å². The van der Waals surface area contributed by atoms with Gasteiger partial charge in [-0.3, -0.25) is 19.4 Å². The predicted molar refractivity (Wildman–Crippen MR) is 156 cm³/mol. The molecule has 0 saturated carbocycles. The highest BCUT2D eigenvalue weighted by Crippen LogP contribution is 2.66. The van der Waals surface area contributed by atoms with Crippen molar-refractivity contribution in [3.05, 3.63) is 143 Å². The van der Waals surface area contributed by atoms with Gasteiger partial charge in [0.15, 0.2) is 0 Å². The van der Waals surface area contributed by atoms with Gasteiger partial charge in [-0.1, -0.05) is 109 Å². The second-order valence-electron chi connectivity index (χ2n) is 11.9. The summed E-state index contributed by atoms with van der Waals surface area (Å²) < 4.78 is 6.97. The highest BCUT2D eigenvalue weighted by atomic mass is 16.5. The van der Waals surface area contributed by atoms with Gasteiger partial charge >= 0.3 is 0 Å². The SMILES string of the molecule is CN1C(=O)[C@@H]2C3c4ccccc4C([C@H]4OC[C@H](Cc5ccccc5)N4Cc4ccccc4)(c4ccccc43)[C@H]2C1=O. The van der Waals surface area contributed by atoms with Crippen LogP contribution in [0.4, 0.5) is 0 Å². The molecule has 0 N–H and O–H groups in total. The summed E-state index contributed by atoms with van der Waals surface area (Å²) in [6.07, 6.45) is 0.420. The van der Waals surface area contributed by atoms with Gasteiger partial charge in [-0.25, -0.2) is 0 Å². The maximum Gasteiger partial charge on any atom is 0.234 e. The van der Waals surface area contributed by atoms with Crippen molar-refractivity contribution < 1.29 is 14.3 Å². The van der Waals surface area contributed by atoms with Gasteiger partial charge in [-0.2, -0.15) is 0 Å². The second-order valence-corrected chi connectivity index (χ2v) is 11.9. The maximum atomic E-state index is 14.2. The Kier molecular flexibility index (Phi) is 5.56. The van der Waals surface area contributed by atoms with Crippen LogP contribution >= 0.6 is 0 Å². The van der Waals surface area contributed by atoms with Crippen LogP contribution in [0.2, 0.25) is 0 Å². The molecule has 9 rings (SSSR count). The smallest absolute Gasteiger partial charge is 0.234 e. The summed E-state index contributed by atoms with van der Waals surface area (Å²) in [5.41, 5.74) is 6.21. The van der Waals surface area contributed by atoms with E-state index in [0.717, 1.165) is 28.7 Å². The van der Waals surface area contributed by atoms with Crippen molar-refractivity contribution in [3.63, 3.8) is 0 Å². The maximum absolute atomic E-state index is 14.2. The number of rotatable bonds is 5. The van der Waals surface area contributed by atoms with Gasteiger partial charge < -0.3 is 4.74 Å². The van der Waals surface area contributed by atoms with Gasteiger partial charge in [0.25, 0.3) is 0 Å². The highest BCUT2D eigenvalue weighted by Gasteiger charge is 2.71. The minimum Gasteiger partial charge on any atom is -0.360 e. The molecule has 3 aliphatic carbocycles. The van der Waals surface area contributed by atoms with Crippen LogP contribution in [-0.4, -0.2) is 47.5 Å². The third kappa shape index (κ3) is 3.36. The van der Waals surface area contributed by atoms with E-state index in [4.69, 9.17) is 4.74 Å². The van der Waals surface area contributed by atoms with Crippen LogP contribution < -0.4 is 0 Å². The average Bonchev–Trinajstić information content (AvgIpc) is 3.52. The monoisotopic (exact) mass is 540 g/mol. The Labute approximate surface area is 240 Å². The quantitative estimate of drug-likeness (QED) is 0.329. The molecule has 0 radical (unpaired) electrons. The van der Waals surface area contributed by atoms with Crippen molar-refractivity contribution in [1.29, 1.82) is 0 Å². The number of ether oxygens (including phenoxy) is 1. The van der Waals surface area contributed by atoms with Gasteiger partial charge in [-0.05, 0) is 39.8 Å². The van der Waals surface area contributed by atoms with Crippen molar-refractivity contribution in [1.82, 2.24) is 9.80 Å². The van der Waals surface area contributed by atoms with E-state index in [1.165, 1.54) is 16.0 Å². The van der Waals surface area contributed by atoms with Crippen molar-refractivity contribution in [2.45, 2.75) is 36.6 Å². The Morgan fingerprint density at radius 3 is 1.93 bits per heavy atom. The molecule has 2 heterocycles. The summed E-state index contributed by atoms with van der Waals surface area (Å²) in [7, 11) is 1.65. The molecule has 5 heteroatoms. The zero-order chi connectivity index (χ0) is 27.7. The lowest BCUT2D eigenvalue weighted by Gasteiger charge is -2.57. The minimum absolute atomic E-state index is 0.0770. The standard InChI is InChI=1S/C36H32N2O3/c1-37-33(39)31-30-26-16-8-10-18-28(26)36(32(31)34(37)40,29-19-11-9-17-27(29)30)35-38(21-24-14-6-3-7-15-24)25(22-41-35)20-23-12-4-2-5-13-23/h2-19,25,30-32,35H,20-22H2,1H3/t25-,30?,31+,32+,35+,36?/m0/s1. The van der Waals surface area contributed by atoms with Crippen molar-refractivity contribution in [3.8, 4) is 0 Å². The summed E-state index contributed by atoms with van der Waals surface area (Å²) in [5, 5.41) is 0. The molecule has 0 spiro atoms. The topological polar surface area (TPSA) is 49.9 Å². The van der Waals surface area contributed by atoms with Crippen LogP contribution in [0.3, 0.4) is 0 Å². The van der Waals surface area contributed by atoms with Crippen LogP contribution in [0.5, 0.6) is 0 Å². The van der Waals surface area contributed by atoms with E-state index in [1.54, 1.807) is 7.05 Å². The van der Waals surface area contributed by atoms with E-state index in [-0.39, 0.29) is 23.8 Å². The molecule has 2 aliphatic heterocycles. The van der Waals surface area contributed by atoms with Crippen molar-refractivity contribution in [2.24, 2.45) is 11.8 Å². The first-order valence-corrected chi connectivity index (χ1v) is 14.6. The lowest BCUT2D eigenvalue weighted by Crippen LogP contribution is -2.63. The van der Waals surface area contributed by atoms with Crippen LogP contribution in [0, 0.1) is 11.8 Å². The molecule has 41 heavy (non-hydrogen) atoms. The lowest BCUT2D eigenvalue weighted by molar-refractivity contribution is -0.140. The van der Waals surface area contributed by atoms with Crippen LogP contribution in [-0.2, 0) is 32.7 Å². The van der Waals surface area contributed by atoms with E-state index < -0.39 is 23.5 Å². The van der Waals surface area contributed by atoms with Crippen molar-refractivity contribution >= 4 is 11.8 Å². The van der Waals surface area contributed by atoms with Gasteiger partial charge in [0.2, 0.25) is 11.8 Å². The van der Waals surface area contributed by atoms with Gasteiger partial charge in [-0.15, -0.1) is 0 Å². The van der Waals surface area contributed by atoms with E-state index in [9.17, 15) is 9.59 Å². The fourth-order valence-electron chi connectivity index (χ4n) is 8.44. The number of imide groups is 1. The molecular weight excluding hydrogens is 508 g/mol. The fraction of sp³-hybridized carbons (Fsp3) is 0.278. The van der Waals surface area contributed by atoms with Crippen molar-refractivity contribution in [2.75, 3.05) is 13.7 Å². The number of amides is 2. The average molecular weight is 541 g/mol. The normalized spacial score (nSPS) is 29.9. The summed E-state index contributed by atoms with van der Waals surface area (Å²) in [4.78, 5) is 31.9.